The maximum atomic E-state index is 6.45. The Bertz CT molecular complexity index is 2640. The van der Waals surface area contributed by atoms with Crippen molar-refractivity contribution in [2.24, 2.45) is 0 Å². The number of para-hydroxylation sites is 2. The molecule has 0 aliphatic rings. The molecule has 0 aliphatic heterocycles. The molecule has 48 heavy (non-hydrogen) atoms. The Morgan fingerprint density at radius 3 is 1.23 bits per heavy atom. The molecular weight excluding hydrogens is 588 g/mol. The van der Waals surface area contributed by atoms with E-state index in [1.165, 1.54) is 0 Å². The van der Waals surface area contributed by atoms with Crippen molar-refractivity contribution in [1.82, 2.24) is 9.97 Å². The average Bonchev–Trinajstić information content (AvgIpc) is 3.73. The summed E-state index contributed by atoms with van der Waals surface area (Å²) in [4.78, 5) is 10.7. The number of rotatable bonds is 4. The van der Waals surface area contributed by atoms with Gasteiger partial charge in [0.05, 0.1) is 22.4 Å². The van der Waals surface area contributed by atoms with Gasteiger partial charge in [-0.1, -0.05) is 109 Å². The van der Waals surface area contributed by atoms with Gasteiger partial charge in [-0.3, -0.25) is 0 Å². The van der Waals surface area contributed by atoms with Crippen molar-refractivity contribution in [3.05, 3.63) is 158 Å². The molecule has 3 aromatic heterocycles. The molecule has 0 unspecified atom stereocenters. The third-order valence-electron chi connectivity index (χ3n) is 9.29. The molecule has 0 radical (unpaired) electrons. The topological polar surface area (TPSA) is 52.1 Å². The van der Waals surface area contributed by atoms with E-state index in [9.17, 15) is 0 Å². The van der Waals surface area contributed by atoms with Gasteiger partial charge in [-0.15, -0.1) is 0 Å². The predicted molar refractivity (Wildman–Crippen MR) is 196 cm³/mol. The number of benzene rings is 7. The average molecular weight is 615 g/mol. The minimum absolute atomic E-state index is 0.799. The van der Waals surface area contributed by atoms with E-state index in [1.807, 2.05) is 60.7 Å². The maximum absolute atomic E-state index is 6.45. The summed E-state index contributed by atoms with van der Waals surface area (Å²) in [6.07, 6.45) is 0. The van der Waals surface area contributed by atoms with E-state index < -0.39 is 0 Å². The zero-order valence-corrected chi connectivity index (χ0v) is 25.7. The Hall–Kier alpha value is -6.52. The summed E-state index contributed by atoms with van der Waals surface area (Å²) in [7, 11) is 0. The van der Waals surface area contributed by atoms with Crippen molar-refractivity contribution >= 4 is 54.9 Å². The van der Waals surface area contributed by atoms with E-state index in [0.29, 0.717) is 0 Å². The number of fused-ring (bicyclic) bond motifs is 7. The number of aromatic nitrogens is 2. The van der Waals surface area contributed by atoms with Gasteiger partial charge in [-0.25, -0.2) is 9.97 Å². The minimum Gasteiger partial charge on any atom is -0.456 e. The maximum Gasteiger partial charge on any atom is 0.136 e. The van der Waals surface area contributed by atoms with Crippen LogP contribution in [0.2, 0.25) is 0 Å². The molecule has 10 rings (SSSR count). The normalized spacial score (nSPS) is 11.8. The van der Waals surface area contributed by atoms with Crippen molar-refractivity contribution in [2.75, 3.05) is 0 Å². The van der Waals surface area contributed by atoms with Crippen LogP contribution in [0.3, 0.4) is 0 Å². The number of hydrogen-bond acceptors (Lipinski definition) is 4. The van der Waals surface area contributed by atoms with Crippen molar-refractivity contribution in [1.29, 1.82) is 0 Å². The van der Waals surface area contributed by atoms with Crippen LogP contribution in [0, 0.1) is 0 Å². The highest BCUT2D eigenvalue weighted by Gasteiger charge is 2.22. The van der Waals surface area contributed by atoms with Crippen molar-refractivity contribution < 1.29 is 8.83 Å². The fraction of sp³-hybridized carbons (Fsp3) is 0. The second-order valence-electron chi connectivity index (χ2n) is 12.1. The lowest BCUT2D eigenvalue weighted by Crippen LogP contribution is -1.96. The standard InChI is InChI=1S/C44H26N2O2/c1-3-11-27(12-4-1)29-21-23-37-33(25-29)41-31(15-9-19-39(41)47-37)43-44(46-36-18-8-7-17-35(36)45-43)32-16-10-20-40-42(32)34-26-30(22-24-38(34)48-40)28-13-5-2-6-14-28/h1-26H. The van der Waals surface area contributed by atoms with Crippen LogP contribution in [0.5, 0.6) is 0 Å². The molecule has 0 spiro atoms. The summed E-state index contributed by atoms with van der Waals surface area (Å²) in [6.45, 7) is 0. The van der Waals surface area contributed by atoms with Crippen LogP contribution in [-0.4, -0.2) is 9.97 Å². The molecule has 0 amide bonds. The Kier molecular flexibility index (Phi) is 5.84. The molecule has 0 saturated carbocycles. The van der Waals surface area contributed by atoms with E-state index in [4.69, 9.17) is 18.8 Å². The van der Waals surface area contributed by atoms with Gasteiger partial charge in [-0.05, 0) is 70.8 Å². The van der Waals surface area contributed by atoms with Crippen molar-refractivity contribution in [2.45, 2.75) is 0 Å². The summed E-state index contributed by atoms with van der Waals surface area (Å²) >= 11 is 0. The highest BCUT2D eigenvalue weighted by Crippen LogP contribution is 2.44. The first kappa shape index (κ1) is 26.7. The molecular formula is C44H26N2O2. The van der Waals surface area contributed by atoms with Gasteiger partial charge in [-0.2, -0.15) is 0 Å². The predicted octanol–water partition coefficient (Wildman–Crippen LogP) is 12.1. The molecule has 0 atom stereocenters. The van der Waals surface area contributed by atoms with Gasteiger partial charge in [0.2, 0.25) is 0 Å². The molecule has 3 heterocycles. The third-order valence-corrected chi connectivity index (χ3v) is 9.29. The molecule has 7 aromatic carbocycles. The van der Waals surface area contributed by atoms with Crippen molar-refractivity contribution in [3.63, 3.8) is 0 Å². The Balaban J connectivity index is 1.28. The van der Waals surface area contributed by atoms with Gasteiger partial charge in [0.25, 0.3) is 0 Å². The molecule has 10 aromatic rings. The quantitative estimate of drug-likeness (QED) is 0.198. The molecule has 0 saturated heterocycles. The van der Waals surface area contributed by atoms with Crippen LogP contribution in [0.15, 0.2) is 167 Å². The fourth-order valence-electron chi connectivity index (χ4n) is 7.04. The summed E-state index contributed by atoms with van der Waals surface area (Å²) in [5.41, 5.74) is 13.1. The van der Waals surface area contributed by atoms with Crippen molar-refractivity contribution in [3.8, 4) is 44.8 Å². The first-order valence-corrected chi connectivity index (χ1v) is 16.1. The largest absolute Gasteiger partial charge is 0.456 e. The summed E-state index contributed by atoms with van der Waals surface area (Å²) < 4.78 is 12.9. The second-order valence-corrected chi connectivity index (χ2v) is 12.1. The van der Waals surface area contributed by atoms with Crippen LogP contribution in [0.4, 0.5) is 0 Å². The molecule has 0 N–H and O–H groups in total. The van der Waals surface area contributed by atoms with E-state index in [0.717, 1.165) is 99.7 Å². The van der Waals surface area contributed by atoms with Crippen LogP contribution >= 0.6 is 0 Å². The van der Waals surface area contributed by atoms with E-state index in [1.54, 1.807) is 0 Å². The molecule has 0 bridgehead atoms. The summed E-state index contributed by atoms with van der Waals surface area (Å²) in [5, 5.41) is 4.13. The van der Waals surface area contributed by atoms with Gasteiger partial charge < -0.3 is 8.83 Å². The first-order chi connectivity index (χ1) is 23.8. The Morgan fingerprint density at radius 1 is 0.333 bits per heavy atom. The lowest BCUT2D eigenvalue weighted by atomic mass is 9.95. The Morgan fingerprint density at radius 2 is 0.771 bits per heavy atom. The number of nitrogens with zero attached hydrogens (tertiary/aromatic N) is 2. The van der Waals surface area contributed by atoms with Gasteiger partial charge in [0.1, 0.15) is 22.3 Å². The highest BCUT2D eigenvalue weighted by molar-refractivity contribution is 6.17. The minimum atomic E-state index is 0.799. The van der Waals surface area contributed by atoms with Gasteiger partial charge >= 0.3 is 0 Å². The zero-order valence-electron chi connectivity index (χ0n) is 25.7. The molecule has 0 fully saturated rings. The SMILES string of the molecule is c1ccc(-c2ccc3oc4cccc(-c5nc6ccccc6nc5-c5cccc6oc7ccc(-c8ccccc8)cc7c56)c4c3c2)cc1. The number of hydrogen-bond donors (Lipinski definition) is 0. The summed E-state index contributed by atoms with van der Waals surface area (Å²) in [6, 6.07) is 54.2. The molecule has 224 valence electrons. The smallest absolute Gasteiger partial charge is 0.136 e. The summed E-state index contributed by atoms with van der Waals surface area (Å²) in [5.74, 6) is 0. The van der Waals surface area contributed by atoms with Crippen LogP contribution in [-0.2, 0) is 0 Å². The van der Waals surface area contributed by atoms with Crippen LogP contribution in [0.25, 0.3) is 99.7 Å². The lowest BCUT2D eigenvalue weighted by molar-refractivity contribution is 0.668. The first-order valence-electron chi connectivity index (χ1n) is 16.1. The van der Waals surface area contributed by atoms with E-state index >= 15 is 0 Å². The third kappa shape index (κ3) is 4.16. The van der Waals surface area contributed by atoms with Gasteiger partial charge in [0, 0.05) is 32.7 Å². The molecule has 4 heteroatoms. The van der Waals surface area contributed by atoms with Crippen LogP contribution in [0.1, 0.15) is 0 Å². The fourth-order valence-corrected chi connectivity index (χ4v) is 7.04. The monoisotopic (exact) mass is 614 g/mol. The lowest BCUT2D eigenvalue weighted by Gasteiger charge is -2.13. The zero-order chi connectivity index (χ0) is 31.6. The number of furan rings is 2. The molecule has 0 aliphatic carbocycles. The molecule has 4 nitrogen and oxygen atoms in total. The van der Waals surface area contributed by atoms with Gasteiger partial charge in [0.15, 0.2) is 0 Å². The van der Waals surface area contributed by atoms with E-state index in [-0.39, 0.29) is 0 Å². The van der Waals surface area contributed by atoms with Crippen LogP contribution < -0.4 is 0 Å². The Labute approximate surface area is 275 Å². The highest BCUT2D eigenvalue weighted by atomic mass is 16.3. The second kappa shape index (κ2) is 10.5. The van der Waals surface area contributed by atoms with E-state index in [2.05, 4.69) is 97.1 Å².